The fraction of sp³-hybridized carbons (Fsp3) is 0.353. The van der Waals surface area contributed by atoms with E-state index in [-0.39, 0.29) is 18.4 Å². The Morgan fingerprint density at radius 3 is 2.90 bits per heavy atom. The molecule has 1 aromatic heterocycles. The zero-order valence-electron chi connectivity index (χ0n) is 12.1. The van der Waals surface area contributed by atoms with Crippen molar-refractivity contribution < 1.29 is 9.90 Å². The number of hydrogen-bond acceptors (Lipinski definition) is 3. The first-order valence-electron chi connectivity index (χ1n) is 7.29. The van der Waals surface area contributed by atoms with Crippen molar-refractivity contribution in [3.63, 3.8) is 0 Å². The zero-order valence-corrected chi connectivity index (χ0v) is 12.9. The zero-order chi connectivity index (χ0) is 14.8. The summed E-state index contributed by atoms with van der Waals surface area (Å²) < 4.78 is 0. The molecule has 0 radical (unpaired) electrons. The second kappa shape index (κ2) is 6.00. The summed E-state index contributed by atoms with van der Waals surface area (Å²) in [7, 11) is 0. The largest absolute Gasteiger partial charge is 0.396 e. The Morgan fingerprint density at radius 2 is 2.10 bits per heavy atom. The average Bonchev–Trinajstić information content (AvgIpc) is 2.96. The van der Waals surface area contributed by atoms with E-state index in [2.05, 4.69) is 29.6 Å². The molecule has 0 saturated heterocycles. The molecule has 110 valence electrons. The Labute approximate surface area is 128 Å². The van der Waals surface area contributed by atoms with Crippen molar-refractivity contribution in [1.82, 2.24) is 5.32 Å². The van der Waals surface area contributed by atoms with E-state index in [9.17, 15) is 4.79 Å². The van der Waals surface area contributed by atoms with Crippen molar-refractivity contribution in [3.05, 3.63) is 46.3 Å². The topological polar surface area (TPSA) is 49.3 Å². The number of nitrogens with one attached hydrogen (secondary N) is 1. The molecule has 1 amide bonds. The van der Waals surface area contributed by atoms with Gasteiger partial charge in [0.25, 0.3) is 5.91 Å². The number of carbonyl (C=O) groups is 1. The van der Waals surface area contributed by atoms with Crippen molar-refractivity contribution in [2.45, 2.75) is 19.8 Å². The lowest BCUT2D eigenvalue weighted by atomic mass is 9.91. The van der Waals surface area contributed by atoms with Crippen LogP contribution in [0.4, 0.5) is 0 Å². The molecule has 1 aliphatic rings. The van der Waals surface area contributed by atoms with Crippen molar-refractivity contribution in [1.29, 1.82) is 0 Å². The van der Waals surface area contributed by atoms with Gasteiger partial charge in [-0.05, 0) is 41.5 Å². The Morgan fingerprint density at radius 1 is 1.33 bits per heavy atom. The fourth-order valence-electron chi connectivity index (χ4n) is 2.60. The molecule has 0 saturated carbocycles. The molecule has 2 aromatic rings. The molecule has 0 spiro atoms. The molecular formula is C17H19NO2S. The number of aryl methyl sites for hydroxylation is 2. The van der Waals surface area contributed by atoms with Crippen molar-refractivity contribution in [2.24, 2.45) is 5.92 Å². The van der Waals surface area contributed by atoms with Gasteiger partial charge in [-0.15, -0.1) is 11.3 Å². The van der Waals surface area contributed by atoms with Crippen molar-refractivity contribution in [3.8, 4) is 10.4 Å². The van der Waals surface area contributed by atoms with Crippen LogP contribution >= 0.6 is 11.3 Å². The van der Waals surface area contributed by atoms with Crippen LogP contribution in [-0.2, 0) is 12.8 Å². The van der Waals surface area contributed by atoms with E-state index >= 15 is 0 Å². The minimum absolute atomic E-state index is 0.0350. The summed E-state index contributed by atoms with van der Waals surface area (Å²) in [6.45, 7) is 2.51. The summed E-state index contributed by atoms with van der Waals surface area (Å²) in [4.78, 5) is 14.2. The summed E-state index contributed by atoms with van der Waals surface area (Å²) in [6.07, 6.45) is 2.05. The van der Waals surface area contributed by atoms with Gasteiger partial charge in [0.05, 0.1) is 4.88 Å². The van der Waals surface area contributed by atoms with Crippen molar-refractivity contribution >= 4 is 17.2 Å². The number of hydrogen-bond donors (Lipinski definition) is 2. The number of benzene rings is 1. The van der Waals surface area contributed by atoms with Crippen LogP contribution in [0.25, 0.3) is 10.4 Å². The van der Waals surface area contributed by atoms with Gasteiger partial charge < -0.3 is 10.4 Å². The summed E-state index contributed by atoms with van der Waals surface area (Å²) in [5.41, 5.74) is 3.92. The van der Waals surface area contributed by atoms with Gasteiger partial charge >= 0.3 is 0 Å². The first-order chi connectivity index (χ1) is 10.2. The number of aliphatic hydroxyl groups excluding tert-OH is 1. The smallest absolute Gasteiger partial charge is 0.261 e. The first-order valence-corrected chi connectivity index (χ1v) is 8.10. The highest BCUT2D eigenvalue weighted by Crippen LogP contribution is 2.39. The Hall–Kier alpha value is -1.65. The molecule has 1 unspecified atom stereocenters. The molecule has 1 aliphatic carbocycles. The molecule has 4 heteroatoms. The molecule has 1 heterocycles. The maximum Gasteiger partial charge on any atom is 0.261 e. The predicted octanol–water partition coefficient (Wildman–Crippen LogP) is 2.87. The second-order valence-corrected chi connectivity index (χ2v) is 6.67. The van der Waals surface area contributed by atoms with Crippen LogP contribution in [-0.4, -0.2) is 24.2 Å². The van der Waals surface area contributed by atoms with Gasteiger partial charge in [-0.3, -0.25) is 4.79 Å². The molecule has 1 aromatic carbocycles. The summed E-state index contributed by atoms with van der Waals surface area (Å²) in [5, 5.41) is 11.9. The lowest BCUT2D eigenvalue weighted by Crippen LogP contribution is -2.28. The van der Waals surface area contributed by atoms with E-state index in [4.69, 9.17) is 5.11 Å². The number of carbonyl (C=O) groups excluding carboxylic acids is 1. The van der Waals surface area contributed by atoms with Crippen LogP contribution in [0, 0.1) is 5.92 Å². The normalized spacial score (nSPS) is 14.2. The maximum atomic E-state index is 12.2. The molecule has 0 aliphatic heterocycles. The van der Waals surface area contributed by atoms with Crippen LogP contribution in [0.2, 0.25) is 0 Å². The number of rotatable bonds is 4. The summed E-state index contributed by atoms with van der Waals surface area (Å²) in [5.74, 6) is 0.0523. The molecule has 3 nitrogen and oxygen atoms in total. The van der Waals surface area contributed by atoms with Gasteiger partial charge in [0, 0.05) is 18.0 Å². The van der Waals surface area contributed by atoms with Crippen LogP contribution in [0.1, 0.15) is 27.7 Å². The van der Waals surface area contributed by atoms with Gasteiger partial charge in [0.15, 0.2) is 0 Å². The van der Waals surface area contributed by atoms with Crippen LogP contribution < -0.4 is 5.32 Å². The molecule has 0 bridgehead atoms. The van der Waals surface area contributed by atoms with E-state index < -0.39 is 0 Å². The standard InChI is InChI=1S/C17H19NO2S/c1-11(10-19)9-18-17(20)15-8-13-7-6-12-4-2-3-5-14(12)16(13)21-15/h2-5,8,11,19H,6-7,9-10H2,1H3,(H,18,20). The Kier molecular flexibility index (Phi) is 4.08. The Balaban J connectivity index is 1.82. The van der Waals surface area contributed by atoms with E-state index in [1.807, 2.05) is 13.0 Å². The highest BCUT2D eigenvalue weighted by atomic mass is 32.1. The average molecular weight is 301 g/mol. The maximum absolute atomic E-state index is 12.2. The minimum Gasteiger partial charge on any atom is -0.396 e. The number of amides is 1. The number of fused-ring (bicyclic) bond motifs is 3. The van der Waals surface area contributed by atoms with E-state index in [1.165, 1.54) is 21.6 Å². The highest BCUT2D eigenvalue weighted by Gasteiger charge is 2.21. The predicted molar refractivity (Wildman–Crippen MR) is 85.7 cm³/mol. The number of thiophene rings is 1. The Bertz CT molecular complexity index is 663. The molecule has 1 atom stereocenters. The highest BCUT2D eigenvalue weighted by molar-refractivity contribution is 7.17. The van der Waals surface area contributed by atoms with Crippen LogP contribution in [0.5, 0.6) is 0 Å². The first kappa shape index (κ1) is 14.3. The SMILES string of the molecule is CC(CO)CNC(=O)c1cc2c(s1)-c1ccccc1CC2. The monoisotopic (exact) mass is 301 g/mol. The van der Waals surface area contributed by atoms with Gasteiger partial charge in [-0.25, -0.2) is 0 Å². The summed E-state index contributed by atoms with van der Waals surface area (Å²) in [6, 6.07) is 10.5. The van der Waals surface area contributed by atoms with Crippen LogP contribution in [0.15, 0.2) is 30.3 Å². The minimum atomic E-state index is -0.0350. The third-order valence-corrected chi connectivity index (χ3v) is 5.09. The van der Waals surface area contributed by atoms with Gasteiger partial charge in [-0.1, -0.05) is 31.2 Å². The lowest BCUT2D eigenvalue weighted by molar-refractivity contribution is 0.0946. The van der Waals surface area contributed by atoms with E-state index in [1.54, 1.807) is 11.3 Å². The van der Waals surface area contributed by atoms with Gasteiger partial charge in [-0.2, -0.15) is 0 Å². The quantitative estimate of drug-likeness (QED) is 0.912. The van der Waals surface area contributed by atoms with E-state index in [0.29, 0.717) is 6.54 Å². The fourth-order valence-corrected chi connectivity index (χ4v) is 3.79. The third kappa shape index (κ3) is 2.87. The number of aliphatic hydroxyl groups is 1. The molecule has 21 heavy (non-hydrogen) atoms. The molecule has 3 rings (SSSR count). The molecular weight excluding hydrogens is 282 g/mol. The van der Waals surface area contributed by atoms with Gasteiger partial charge in [0.1, 0.15) is 0 Å². The lowest BCUT2D eigenvalue weighted by Gasteiger charge is -2.15. The van der Waals surface area contributed by atoms with Gasteiger partial charge in [0.2, 0.25) is 0 Å². The van der Waals surface area contributed by atoms with E-state index in [0.717, 1.165) is 17.7 Å². The molecule has 2 N–H and O–H groups in total. The summed E-state index contributed by atoms with van der Waals surface area (Å²) >= 11 is 1.57. The second-order valence-electron chi connectivity index (χ2n) is 5.62. The third-order valence-electron chi connectivity index (χ3n) is 3.88. The van der Waals surface area contributed by atoms with Crippen molar-refractivity contribution in [2.75, 3.05) is 13.2 Å². The van der Waals surface area contributed by atoms with Crippen LogP contribution in [0.3, 0.4) is 0 Å². The molecule has 0 fully saturated rings.